The third-order valence-corrected chi connectivity index (χ3v) is 4.67. The molecule has 0 unspecified atom stereocenters. The molecule has 26 heavy (non-hydrogen) atoms. The third kappa shape index (κ3) is 3.48. The van der Waals surface area contributed by atoms with Gasteiger partial charge in [-0.15, -0.1) is 0 Å². The molecule has 2 atom stereocenters. The maximum Gasteiger partial charge on any atom is 0.331 e. The first-order chi connectivity index (χ1) is 12.6. The van der Waals surface area contributed by atoms with Crippen LogP contribution in [0.5, 0.6) is 0 Å². The number of β-lactam (4-membered cyclic amide) rings is 1. The van der Waals surface area contributed by atoms with Crippen molar-refractivity contribution in [3.8, 4) is 0 Å². The van der Waals surface area contributed by atoms with Gasteiger partial charge in [0, 0.05) is 0 Å². The van der Waals surface area contributed by atoms with Crippen molar-refractivity contribution in [1.29, 1.82) is 0 Å². The van der Waals surface area contributed by atoms with Crippen LogP contribution in [0.25, 0.3) is 0 Å². The topological polar surface area (TPSA) is 72.6 Å². The van der Waals surface area contributed by atoms with Crippen molar-refractivity contribution in [3.63, 3.8) is 0 Å². The van der Waals surface area contributed by atoms with Gasteiger partial charge in [0.05, 0.1) is 12.6 Å². The highest BCUT2D eigenvalue weighted by molar-refractivity contribution is 6.00. The van der Waals surface area contributed by atoms with Gasteiger partial charge >= 0.3 is 5.97 Å². The lowest BCUT2D eigenvalue weighted by Gasteiger charge is -2.48. The van der Waals surface area contributed by atoms with Gasteiger partial charge in [-0.3, -0.25) is 4.79 Å². The molecule has 2 N–H and O–H groups in total. The van der Waals surface area contributed by atoms with Crippen LogP contribution in [0.2, 0.25) is 0 Å². The van der Waals surface area contributed by atoms with E-state index in [2.05, 4.69) is 0 Å². The molecular weight excluding hydrogens is 328 g/mol. The number of nitrogens with two attached hydrogens (primary N) is 1. The molecule has 1 aliphatic heterocycles. The maximum atomic E-state index is 12.6. The van der Waals surface area contributed by atoms with E-state index in [-0.39, 0.29) is 11.9 Å². The quantitative estimate of drug-likeness (QED) is 0.472. The zero-order valence-corrected chi connectivity index (χ0v) is 14.9. The Morgan fingerprint density at radius 1 is 1.08 bits per heavy atom. The number of benzene rings is 2. The molecule has 0 radical (unpaired) electrons. The summed E-state index contributed by atoms with van der Waals surface area (Å²) in [6.07, 6.45) is 1.73. The fraction of sp³-hybridized carbons (Fsp3) is 0.333. The Bertz CT molecular complexity index is 709. The first kappa shape index (κ1) is 18.1. The van der Waals surface area contributed by atoms with Crippen LogP contribution in [0.15, 0.2) is 60.7 Å². The maximum absolute atomic E-state index is 12.6. The second kappa shape index (κ2) is 8.15. The number of carbonyl (C=O) groups is 2. The minimum Gasteiger partial charge on any atom is -0.464 e. The zero-order chi connectivity index (χ0) is 18.5. The van der Waals surface area contributed by atoms with E-state index in [1.807, 2.05) is 67.6 Å². The number of ether oxygens (including phenoxy) is 1. The fourth-order valence-corrected chi connectivity index (χ4v) is 3.27. The number of rotatable bonds is 7. The van der Waals surface area contributed by atoms with E-state index < -0.39 is 18.1 Å². The molecule has 0 aliphatic carbocycles. The van der Waals surface area contributed by atoms with E-state index in [1.54, 1.807) is 4.90 Å². The largest absolute Gasteiger partial charge is 0.464 e. The summed E-state index contributed by atoms with van der Waals surface area (Å²) in [7, 11) is 0. The molecule has 1 amide bonds. The minimum absolute atomic E-state index is 0.236. The van der Waals surface area contributed by atoms with Crippen molar-refractivity contribution in [1.82, 2.24) is 4.90 Å². The van der Waals surface area contributed by atoms with Crippen LogP contribution in [0, 0.1) is 0 Å². The summed E-state index contributed by atoms with van der Waals surface area (Å²) in [5, 5.41) is 0. The molecule has 0 saturated carbocycles. The van der Waals surface area contributed by atoms with Gasteiger partial charge in [0.2, 0.25) is 5.91 Å². The summed E-state index contributed by atoms with van der Waals surface area (Å²) >= 11 is 0. The lowest BCUT2D eigenvalue weighted by molar-refractivity contribution is -0.171. The predicted octanol–water partition coefficient (Wildman–Crippen LogP) is 2.66. The average molecular weight is 352 g/mol. The molecule has 5 heteroatoms. The van der Waals surface area contributed by atoms with Gasteiger partial charge in [0.25, 0.3) is 0 Å². The van der Waals surface area contributed by atoms with Crippen molar-refractivity contribution in [3.05, 3.63) is 71.8 Å². The summed E-state index contributed by atoms with van der Waals surface area (Å²) in [6.45, 7) is 2.38. The Morgan fingerprint density at radius 2 is 1.62 bits per heavy atom. The number of hydrogen-bond donors (Lipinski definition) is 1. The molecule has 1 heterocycles. The van der Waals surface area contributed by atoms with Crippen LogP contribution in [0.1, 0.15) is 36.9 Å². The van der Waals surface area contributed by atoms with E-state index in [0.717, 1.165) is 24.0 Å². The number of carbonyl (C=O) groups excluding carboxylic acids is 2. The Labute approximate surface area is 153 Å². The third-order valence-electron chi connectivity index (χ3n) is 4.67. The summed E-state index contributed by atoms with van der Waals surface area (Å²) in [5.74, 6) is -0.664. The zero-order valence-electron chi connectivity index (χ0n) is 14.9. The van der Waals surface area contributed by atoms with Crippen LogP contribution in [0.4, 0.5) is 0 Å². The monoisotopic (exact) mass is 352 g/mol. The summed E-state index contributed by atoms with van der Waals surface area (Å²) in [6, 6.07) is 17.4. The predicted molar refractivity (Wildman–Crippen MR) is 99.2 cm³/mol. The van der Waals surface area contributed by atoms with Crippen LogP contribution in [0.3, 0.4) is 0 Å². The highest BCUT2D eigenvalue weighted by Crippen LogP contribution is 2.36. The number of nitrogens with zero attached hydrogens (tertiary/aromatic N) is 1. The molecule has 1 aliphatic rings. The van der Waals surface area contributed by atoms with E-state index in [1.165, 1.54) is 0 Å². The normalized spacial score (nSPS) is 19.3. The average Bonchev–Trinajstić information content (AvgIpc) is 2.69. The SMILES string of the molecule is CCCCOC(=O)[C@@H]1[C@H](N)C(=O)N1C(c1ccccc1)c1ccccc1. The second-order valence-corrected chi connectivity index (χ2v) is 6.46. The van der Waals surface area contributed by atoms with Crippen LogP contribution < -0.4 is 5.73 Å². The molecular formula is C21H24N2O3. The number of esters is 1. The minimum atomic E-state index is -0.848. The van der Waals surface area contributed by atoms with Crippen molar-refractivity contribution >= 4 is 11.9 Å². The van der Waals surface area contributed by atoms with Crippen LogP contribution in [-0.2, 0) is 14.3 Å². The van der Waals surface area contributed by atoms with E-state index in [0.29, 0.717) is 6.61 Å². The van der Waals surface area contributed by atoms with Crippen molar-refractivity contribution in [2.75, 3.05) is 6.61 Å². The van der Waals surface area contributed by atoms with Crippen LogP contribution >= 0.6 is 0 Å². The Balaban J connectivity index is 1.92. The summed E-state index contributed by atoms with van der Waals surface area (Å²) < 4.78 is 5.34. The summed E-state index contributed by atoms with van der Waals surface area (Å²) in [4.78, 5) is 26.7. The summed E-state index contributed by atoms with van der Waals surface area (Å²) in [5.41, 5.74) is 7.83. The van der Waals surface area contributed by atoms with E-state index in [4.69, 9.17) is 10.5 Å². The first-order valence-electron chi connectivity index (χ1n) is 8.99. The molecule has 2 aromatic rings. The Hall–Kier alpha value is -2.66. The van der Waals surface area contributed by atoms with Gasteiger partial charge < -0.3 is 15.4 Å². The van der Waals surface area contributed by atoms with Gasteiger partial charge in [-0.05, 0) is 17.5 Å². The van der Waals surface area contributed by atoms with Crippen molar-refractivity contribution < 1.29 is 14.3 Å². The molecule has 136 valence electrons. The molecule has 0 spiro atoms. The van der Waals surface area contributed by atoms with Gasteiger partial charge in [-0.25, -0.2) is 4.79 Å². The molecule has 0 aromatic heterocycles. The van der Waals surface area contributed by atoms with Gasteiger partial charge in [0.1, 0.15) is 6.04 Å². The lowest BCUT2D eigenvalue weighted by atomic mass is 9.87. The highest BCUT2D eigenvalue weighted by atomic mass is 16.5. The van der Waals surface area contributed by atoms with Gasteiger partial charge in [-0.1, -0.05) is 74.0 Å². The Morgan fingerprint density at radius 3 is 2.12 bits per heavy atom. The molecule has 1 fully saturated rings. The van der Waals surface area contributed by atoms with Crippen molar-refractivity contribution in [2.45, 2.75) is 37.9 Å². The highest BCUT2D eigenvalue weighted by Gasteiger charge is 2.53. The van der Waals surface area contributed by atoms with Gasteiger partial charge in [-0.2, -0.15) is 0 Å². The lowest BCUT2D eigenvalue weighted by Crippen LogP contribution is -2.72. The second-order valence-electron chi connectivity index (χ2n) is 6.46. The Kier molecular flexibility index (Phi) is 5.68. The first-order valence-corrected chi connectivity index (χ1v) is 8.99. The molecule has 3 rings (SSSR count). The number of amides is 1. The molecule has 1 saturated heterocycles. The standard InChI is InChI=1S/C21H24N2O3/c1-2-3-14-26-21(25)19-17(22)20(24)23(19)18(15-10-6-4-7-11-15)16-12-8-5-9-13-16/h4-13,17-19H,2-3,14,22H2,1H3/t17-,19-/m0/s1. The number of hydrogen-bond acceptors (Lipinski definition) is 4. The fourth-order valence-electron chi connectivity index (χ4n) is 3.27. The van der Waals surface area contributed by atoms with Gasteiger partial charge in [0.15, 0.2) is 6.04 Å². The van der Waals surface area contributed by atoms with E-state index >= 15 is 0 Å². The molecule has 2 aromatic carbocycles. The van der Waals surface area contributed by atoms with E-state index in [9.17, 15) is 9.59 Å². The number of likely N-dealkylation sites (tertiary alicyclic amines) is 1. The number of unbranched alkanes of at least 4 members (excludes halogenated alkanes) is 1. The molecule has 0 bridgehead atoms. The smallest absolute Gasteiger partial charge is 0.331 e. The molecule has 5 nitrogen and oxygen atoms in total. The van der Waals surface area contributed by atoms with Crippen LogP contribution in [-0.4, -0.2) is 35.5 Å². The van der Waals surface area contributed by atoms with Crippen molar-refractivity contribution in [2.24, 2.45) is 5.73 Å².